The predicted molar refractivity (Wildman–Crippen MR) is 120 cm³/mol. The van der Waals surface area contributed by atoms with Gasteiger partial charge in [0, 0.05) is 22.8 Å². The van der Waals surface area contributed by atoms with Crippen LogP contribution in [0.3, 0.4) is 0 Å². The molecule has 0 aliphatic carbocycles. The first-order valence-corrected chi connectivity index (χ1v) is 10.5. The number of nitrogen functional groups attached to an aromatic ring is 1. The fourth-order valence-corrected chi connectivity index (χ4v) is 4.14. The standard InChI is InChI=1S/C22H22N4O4S/c1-12-7-16-15(10-20(27)30-18(16)8-13(12)2)11-31-22-25-24-21(26(22)23)14-5-6-17(28-3)19(9-14)29-4/h5-10H,11,23H2,1-4H3. The molecule has 4 aromatic rings. The Morgan fingerprint density at radius 3 is 2.52 bits per heavy atom. The van der Waals surface area contributed by atoms with Gasteiger partial charge in [0.25, 0.3) is 0 Å². The molecule has 0 spiro atoms. The molecule has 0 amide bonds. The zero-order valence-electron chi connectivity index (χ0n) is 17.6. The minimum Gasteiger partial charge on any atom is -0.493 e. The lowest BCUT2D eigenvalue weighted by Gasteiger charge is -2.10. The van der Waals surface area contributed by atoms with Crippen LogP contribution in [-0.4, -0.2) is 29.1 Å². The zero-order chi connectivity index (χ0) is 22.1. The molecule has 8 nitrogen and oxygen atoms in total. The number of fused-ring (bicyclic) bond motifs is 1. The Bertz CT molecular complexity index is 1330. The van der Waals surface area contributed by atoms with E-state index in [1.54, 1.807) is 26.4 Å². The van der Waals surface area contributed by atoms with Crippen LogP contribution in [0, 0.1) is 13.8 Å². The molecule has 4 rings (SSSR count). The lowest BCUT2D eigenvalue weighted by molar-refractivity contribution is 0.355. The second-order valence-corrected chi connectivity index (χ2v) is 8.00. The third kappa shape index (κ3) is 3.96. The number of nitrogens with two attached hydrogens (primary N) is 1. The van der Waals surface area contributed by atoms with E-state index < -0.39 is 0 Å². The van der Waals surface area contributed by atoms with Crippen molar-refractivity contribution in [1.29, 1.82) is 0 Å². The highest BCUT2D eigenvalue weighted by atomic mass is 32.2. The van der Waals surface area contributed by atoms with Crippen molar-refractivity contribution < 1.29 is 13.9 Å². The number of benzene rings is 2. The molecule has 0 atom stereocenters. The van der Waals surface area contributed by atoms with E-state index >= 15 is 0 Å². The molecule has 0 saturated carbocycles. The molecule has 2 heterocycles. The first-order valence-electron chi connectivity index (χ1n) is 9.51. The maximum absolute atomic E-state index is 12.0. The molecule has 2 aromatic heterocycles. The maximum atomic E-state index is 12.0. The minimum absolute atomic E-state index is 0.383. The van der Waals surface area contributed by atoms with E-state index in [4.69, 9.17) is 19.7 Å². The SMILES string of the molecule is COc1ccc(-c2nnc(SCc3cc(=O)oc4cc(C)c(C)cc34)n2N)cc1OC. The van der Waals surface area contributed by atoms with Gasteiger partial charge in [-0.2, -0.15) is 0 Å². The molecule has 0 aliphatic heterocycles. The highest BCUT2D eigenvalue weighted by Crippen LogP contribution is 2.33. The van der Waals surface area contributed by atoms with Gasteiger partial charge in [0.1, 0.15) is 5.58 Å². The number of hydrogen-bond donors (Lipinski definition) is 1. The van der Waals surface area contributed by atoms with E-state index in [-0.39, 0.29) is 5.63 Å². The fourth-order valence-electron chi connectivity index (χ4n) is 3.29. The Hall–Kier alpha value is -3.46. The summed E-state index contributed by atoms with van der Waals surface area (Å²) >= 11 is 1.39. The molecule has 31 heavy (non-hydrogen) atoms. The Morgan fingerprint density at radius 1 is 1.03 bits per heavy atom. The van der Waals surface area contributed by atoms with Gasteiger partial charge in [-0.25, -0.2) is 9.47 Å². The van der Waals surface area contributed by atoms with Crippen LogP contribution in [0.4, 0.5) is 0 Å². The van der Waals surface area contributed by atoms with Crippen LogP contribution in [0.25, 0.3) is 22.4 Å². The van der Waals surface area contributed by atoms with E-state index in [1.807, 2.05) is 32.0 Å². The van der Waals surface area contributed by atoms with Crippen LogP contribution >= 0.6 is 11.8 Å². The van der Waals surface area contributed by atoms with Crippen LogP contribution < -0.4 is 20.9 Å². The molecular weight excluding hydrogens is 416 g/mol. The lowest BCUT2D eigenvalue weighted by Crippen LogP contribution is -2.11. The first-order chi connectivity index (χ1) is 14.9. The summed E-state index contributed by atoms with van der Waals surface area (Å²) in [5, 5.41) is 9.87. The first kappa shape index (κ1) is 20.8. The summed E-state index contributed by atoms with van der Waals surface area (Å²) in [6.45, 7) is 4.02. The monoisotopic (exact) mass is 438 g/mol. The average molecular weight is 439 g/mol. The number of nitrogens with zero attached hydrogens (tertiary/aromatic N) is 3. The number of thioether (sulfide) groups is 1. The van der Waals surface area contributed by atoms with Crippen molar-refractivity contribution in [1.82, 2.24) is 14.9 Å². The summed E-state index contributed by atoms with van der Waals surface area (Å²) in [5.74, 6) is 8.44. The molecule has 160 valence electrons. The highest BCUT2D eigenvalue weighted by Gasteiger charge is 2.16. The molecule has 0 radical (unpaired) electrons. The van der Waals surface area contributed by atoms with Crippen molar-refractivity contribution >= 4 is 22.7 Å². The minimum atomic E-state index is -0.383. The van der Waals surface area contributed by atoms with Crippen LogP contribution in [-0.2, 0) is 5.75 Å². The van der Waals surface area contributed by atoms with Crippen molar-refractivity contribution in [3.8, 4) is 22.9 Å². The molecule has 2 aromatic carbocycles. The van der Waals surface area contributed by atoms with Gasteiger partial charge in [-0.3, -0.25) is 0 Å². The Morgan fingerprint density at radius 2 is 1.77 bits per heavy atom. The topological polar surface area (TPSA) is 105 Å². The second-order valence-electron chi connectivity index (χ2n) is 7.06. The maximum Gasteiger partial charge on any atom is 0.336 e. The summed E-state index contributed by atoms with van der Waals surface area (Å²) in [6, 6.07) is 10.9. The molecule has 9 heteroatoms. The van der Waals surface area contributed by atoms with Gasteiger partial charge in [-0.05, 0) is 60.9 Å². The van der Waals surface area contributed by atoms with Gasteiger partial charge in [0.05, 0.1) is 14.2 Å². The van der Waals surface area contributed by atoms with Gasteiger partial charge >= 0.3 is 5.63 Å². The summed E-state index contributed by atoms with van der Waals surface area (Å²) < 4.78 is 17.4. The lowest BCUT2D eigenvalue weighted by atomic mass is 10.0. The van der Waals surface area contributed by atoms with E-state index in [9.17, 15) is 4.79 Å². The number of hydrogen-bond acceptors (Lipinski definition) is 8. The van der Waals surface area contributed by atoms with Crippen LogP contribution in [0.1, 0.15) is 16.7 Å². The fraction of sp³-hybridized carbons (Fsp3) is 0.227. The quantitative estimate of drug-likeness (QED) is 0.276. The van der Waals surface area contributed by atoms with E-state index in [0.29, 0.717) is 33.8 Å². The third-order valence-electron chi connectivity index (χ3n) is 5.11. The van der Waals surface area contributed by atoms with Gasteiger partial charge in [-0.15, -0.1) is 10.2 Å². The van der Waals surface area contributed by atoms with Crippen LogP contribution in [0.2, 0.25) is 0 Å². The number of methoxy groups -OCH3 is 2. The largest absolute Gasteiger partial charge is 0.493 e. The Labute approximate surface area is 183 Å². The van der Waals surface area contributed by atoms with Crippen molar-refractivity contribution in [2.24, 2.45) is 0 Å². The summed E-state index contributed by atoms with van der Waals surface area (Å²) in [4.78, 5) is 12.0. The van der Waals surface area contributed by atoms with Gasteiger partial charge < -0.3 is 19.7 Å². The van der Waals surface area contributed by atoms with E-state index in [0.717, 1.165) is 27.6 Å². The Balaban J connectivity index is 1.64. The zero-order valence-corrected chi connectivity index (χ0v) is 18.4. The number of aryl methyl sites for hydroxylation is 2. The van der Waals surface area contributed by atoms with E-state index in [2.05, 4.69) is 10.2 Å². The normalized spacial score (nSPS) is 11.1. The smallest absolute Gasteiger partial charge is 0.336 e. The summed E-state index contributed by atoms with van der Waals surface area (Å²) in [6.07, 6.45) is 0. The number of ether oxygens (including phenoxy) is 2. The Kier molecular flexibility index (Phi) is 5.60. The molecular formula is C22H22N4O4S. The molecule has 0 aliphatic rings. The van der Waals surface area contributed by atoms with Gasteiger partial charge in [0.2, 0.25) is 5.16 Å². The highest BCUT2D eigenvalue weighted by molar-refractivity contribution is 7.98. The molecule has 2 N–H and O–H groups in total. The average Bonchev–Trinajstić information content (AvgIpc) is 3.13. The predicted octanol–water partition coefficient (Wildman–Crippen LogP) is 3.69. The van der Waals surface area contributed by atoms with Crippen molar-refractivity contribution in [2.45, 2.75) is 24.8 Å². The van der Waals surface area contributed by atoms with E-state index in [1.165, 1.54) is 22.5 Å². The van der Waals surface area contributed by atoms with Crippen LogP contribution in [0.5, 0.6) is 11.5 Å². The van der Waals surface area contributed by atoms with Gasteiger partial charge in [0.15, 0.2) is 17.3 Å². The second kappa shape index (κ2) is 8.35. The third-order valence-corrected chi connectivity index (χ3v) is 6.10. The molecule has 0 unspecified atom stereocenters. The molecule has 0 saturated heterocycles. The van der Waals surface area contributed by atoms with Crippen LogP contribution in [0.15, 0.2) is 50.8 Å². The summed E-state index contributed by atoms with van der Waals surface area (Å²) in [7, 11) is 3.15. The van der Waals surface area contributed by atoms with Crippen molar-refractivity contribution in [3.63, 3.8) is 0 Å². The number of aromatic nitrogens is 3. The summed E-state index contributed by atoms with van der Waals surface area (Å²) in [5.41, 5.74) is 4.00. The van der Waals surface area contributed by atoms with Crippen molar-refractivity contribution in [2.75, 3.05) is 20.1 Å². The molecule has 0 fully saturated rings. The van der Waals surface area contributed by atoms with Crippen molar-refractivity contribution in [3.05, 3.63) is 63.5 Å². The number of rotatable bonds is 6. The van der Waals surface area contributed by atoms with Gasteiger partial charge in [-0.1, -0.05) is 11.8 Å². The molecule has 0 bridgehead atoms.